The quantitative estimate of drug-likeness (QED) is 0.775. The first-order chi connectivity index (χ1) is 13.5. The Labute approximate surface area is 164 Å². The van der Waals surface area contributed by atoms with Crippen LogP contribution in [0.4, 0.5) is 0 Å². The first-order valence-electron chi connectivity index (χ1n) is 9.16. The van der Waals surface area contributed by atoms with Crippen molar-refractivity contribution < 1.29 is 22.7 Å². The molecule has 0 saturated carbocycles. The molecule has 4 rings (SSSR count). The summed E-state index contributed by atoms with van der Waals surface area (Å²) < 4.78 is 37.9. The van der Waals surface area contributed by atoms with Gasteiger partial charge in [0.1, 0.15) is 11.5 Å². The van der Waals surface area contributed by atoms with E-state index in [0.29, 0.717) is 25.3 Å². The van der Waals surface area contributed by atoms with Gasteiger partial charge in [-0.1, -0.05) is 18.2 Å². The van der Waals surface area contributed by atoms with Gasteiger partial charge in [0.25, 0.3) is 5.91 Å². The van der Waals surface area contributed by atoms with E-state index in [2.05, 4.69) is 0 Å². The zero-order valence-electron chi connectivity index (χ0n) is 15.6. The summed E-state index contributed by atoms with van der Waals surface area (Å²) in [4.78, 5) is 14.7. The Morgan fingerprint density at radius 2 is 1.71 bits per heavy atom. The van der Waals surface area contributed by atoms with Crippen molar-refractivity contribution in [2.75, 3.05) is 33.3 Å². The number of hydrogen-bond acceptors (Lipinski definition) is 5. The van der Waals surface area contributed by atoms with Gasteiger partial charge in [0.2, 0.25) is 10.0 Å². The molecule has 0 aromatic heterocycles. The maximum atomic E-state index is 12.8. The molecule has 2 aromatic carbocycles. The topological polar surface area (TPSA) is 76.2 Å². The third-order valence-corrected chi connectivity index (χ3v) is 7.08. The molecule has 7 nitrogen and oxygen atoms in total. The summed E-state index contributed by atoms with van der Waals surface area (Å²) in [5.74, 6) is 1.27. The van der Waals surface area contributed by atoms with Crippen molar-refractivity contribution in [2.45, 2.75) is 17.4 Å². The van der Waals surface area contributed by atoms with Crippen LogP contribution in [0.2, 0.25) is 0 Å². The predicted molar refractivity (Wildman–Crippen MR) is 103 cm³/mol. The number of fused-ring (bicyclic) bond motifs is 1. The van der Waals surface area contributed by atoms with Crippen molar-refractivity contribution in [1.29, 1.82) is 0 Å². The van der Waals surface area contributed by atoms with Crippen LogP contribution in [0.5, 0.6) is 11.5 Å². The normalized spacial score (nSPS) is 19.8. The molecule has 0 bridgehead atoms. The van der Waals surface area contributed by atoms with E-state index in [1.807, 2.05) is 24.3 Å². The zero-order chi connectivity index (χ0) is 19.7. The Morgan fingerprint density at radius 3 is 2.36 bits per heavy atom. The number of hydrogen-bond donors (Lipinski definition) is 0. The van der Waals surface area contributed by atoms with Crippen LogP contribution < -0.4 is 9.47 Å². The Bertz CT molecular complexity index is 941. The molecule has 2 aliphatic heterocycles. The summed E-state index contributed by atoms with van der Waals surface area (Å²) in [6.07, 6.45) is 0.0291. The lowest BCUT2D eigenvalue weighted by molar-refractivity contribution is -0.139. The standard InChI is InChI=1S/C20H22N2O5S/c1-26-16-6-8-17(9-7-16)28(24,25)22-12-10-21(11-13-22)20(23)19-14-15-4-2-3-5-18(15)27-19/h2-9,19H,10-14H2,1H3/t19-/m1/s1. The molecule has 0 aliphatic carbocycles. The Morgan fingerprint density at radius 1 is 1.04 bits per heavy atom. The molecule has 8 heteroatoms. The second-order valence-electron chi connectivity index (χ2n) is 6.82. The number of sulfonamides is 1. The number of para-hydroxylation sites is 1. The second-order valence-corrected chi connectivity index (χ2v) is 8.76. The van der Waals surface area contributed by atoms with E-state index in [1.54, 1.807) is 17.0 Å². The van der Waals surface area contributed by atoms with Crippen molar-refractivity contribution >= 4 is 15.9 Å². The highest BCUT2D eigenvalue weighted by Gasteiger charge is 2.35. The highest BCUT2D eigenvalue weighted by Crippen LogP contribution is 2.29. The van der Waals surface area contributed by atoms with Crippen LogP contribution in [0.25, 0.3) is 0 Å². The van der Waals surface area contributed by atoms with Crippen LogP contribution >= 0.6 is 0 Å². The number of rotatable bonds is 4. The van der Waals surface area contributed by atoms with Crippen LogP contribution in [-0.2, 0) is 21.2 Å². The van der Waals surface area contributed by atoms with Gasteiger partial charge in [0, 0.05) is 32.6 Å². The number of nitrogens with zero attached hydrogens (tertiary/aromatic N) is 2. The van der Waals surface area contributed by atoms with Gasteiger partial charge < -0.3 is 14.4 Å². The SMILES string of the molecule is COc1ccc(S(=O)(=O)N2CCN(C(=O)[C@H]3Cc4ccccc4O3)CC2)cc1. The minimum Gasteiger partial charge on any atom is -0.497 e. The molecule has 1 atom stereocenters. The fourth-order valence-corrected chi connectivity index (χ4v) is 4.99. The van der Waals surface area contributed by atoms with Crippen LogP contribution in [-0.4, -0.2) is 62.9 Å². The minimum atomic E-state index is -3.59. The third kappa shape index (κ3) is 3.45. The summed E-state index contributed by atoms with van der Waals surface area (Å²) in [5, 5.41) is 0. The number of benzene rings is 2. The molecule has 148 valence electrons. The zero-order valence-corrected chi connectivity index (χ0v) is 16.4. The Kier molecular flexibility index (Phi) is 4.99. The van der Waals surface area contributed by atoms with Crippen LogP contribution in [0.15, 0.2) is 53.4 Å². The van der Waals surface area contributed by atoms with Crippen molar-refractivity contribution in [1.82, 2.24) is 9.21 Å². The number of amides is 1. The van der Waals surface area contributed by atoms with E-state index >= 15 is 0 Å². The molecule has 0 spiro atoms. The lowest BCUT2D eigenvalue weighted by Crippen LogP contribution is -2.53. The van der Waals surface area contributed by atoms with Gasteiger partial charge in [0.05, 0.1) is 12.0 Å². The number of methoxy groups -OCH3 is 1. The molecule has 0 N–H and O–H groups in total. The highest BCUT2D eigenvalue weighted by molar-refractivity contribution is 7.89. The van der Waals surface area contributed by atoms with E-state index in [-0.39, 0.29) is 23.9 Å². The van der Waals surface area contributed by atoms with Gasteiger partial charge in [-0.15, -0.1) is 0 Å². The van der Waals surface area contributed by atoms with Gasteiger partial charge in [-0.2, -0.15) is 4.31 Å². The van der Waals surface area contributed by atoms with E-state index in [1.165, 1.54) is 23.5 Å². The van der Waals surface area contributed by atoms with Gasteiger partial charge in [0.15, 0.2) is 6.10 Å². The number of carbonyl (C=O) groups excluding carboxylic acids is 1. The van der Waals surface area contributed by atoms with Crippen LogP contribution in [0, 0.1) is 0 Å². The van der Waals surface area contributed by atoms with Gasteiger partial charge in [-0.3, -0.25) is 4.79 Å². The van der Waals surface area contributed by atoms with E-state index in [4.69, 9.17) is 9.47 Å². The average Bonchev–Trinajstić information content (AvgIpc) is 3.17. The molecule has 0 unspecified atom stereocenters. The summed E-state index contributed by atoms with van der Waals surface area (Å²) in [6.45, 7) is 1.23. The third-order valence-electron chi connectivity index (χ3n) is 5.17. The minimum absolute atomic E-state index is 0.0855. The summed E-state index contributed by atoms with van der Waals surface area (Å²) in [5.41, 5.74) is 1.03. The predicted octanol–water partition coefficient (Wildman–Crippen LogP) is 1.53. The number of carbonyl (C=O) groups is 1. The Balaban J connectivity index is 1.38. The average molecular weight is 402 g/mol. The van der Waals surface area contributed by atoms with Crippen molar-refractivity contribution in [3.8, 4) is 11.5 Å². The van der Waals surface area contributed by atoms with Crippen LogP contribution in [0.3, 0.4) is 0 Å². The molecule has 28 heavy (non-hydrogen) atoms. The second kappa shape index (κ2) is 7.44. The maximum absolute atomic E-state index is 12.8. The fraction of sp³-hybridized carbons (Fsp3) is 0.350. The molecular weight excluding hydrogens is 380 g/mol. The molecule has 1 fully saturated rings. The Hall–Kier alpha value is -2.58. The molecule has 2 heterocycles. The lowest BCUT2D eigenvalue weighted by atomic mass is 10.1. The first kappa shape index (κ1) is 18.8. The molecule has 2 aromatic rings. The number of ether oxygens (including phenoxy) is 2. The van der Waals surface area contributed by atoms with Crippen LogP contribution in [0.1, 0.15) is 5.56 Å². The fourth-order valence-electron chi connectivity index (χ4n) is 3.57. The molecule has 1 saturated heterocycles. The first-order valence-corrected chi connectivity index (χ1v) is 10.6. The number of piperazine rings is 1. The summed E-state index contributed by atoms with van der Waals surface area (Å²) >= 11 is 0. The molecular formula is C20H22N2O5S. The smallest absolute Gasteiger partial charge is 0.264 e. The summed E-state index contributed by atoms with van der Waals surface area (Å²) in [6, 6.07) is 14.0. The van der Waals surface area contributed by atoms with Crippen molar-refractivity contribution in [3.05, 3.63) is 54.1 Å². The maximum Gasteiger partial charge on any atom is 0.264 e. The largest absolute Gasteiger partial charge is 0.497 e. The van der Waals surface area contributed by atoms with Crippen molar-refractivity contribution in [2.24, 2.45) is 0 Å². The molecule has 0 radical (unpaired) electrons. The molecule has 1 amide bonds. The van der Waals surface area contributed by atoms with E-state index in [0.717, 1.165) is 11.3 Å². The van der Waals surface area contributed by atoms with E-state index < -0.39 is 16.1 Å². The lowest BCUT2D eigenvalue weighted by Gasteiger charge is -2.35. The van der Waals surface area contributed by atoms with Gasteiger partial charge in [-0.05, 0) is 35.9 Å². The van der Waals surface area contributed by atoms with Gasteiger partial charge >= 0.3 is 0 Å². The van der Waals surface area contributed by atoms with Crippen molar-refractivity contribution in [3.63, 3.8) is 0 Å². The highest BCUT2D eigenvalue weighted by atomic mass is 32.2. The summed E-state index contributed by atoms with van der Waals surface area (Å²) in [7, 11) is -2.06. The molecule has 2 aliphatic rings. The van der Waals surface area contributed by atoms with E-state index in [9.17, 15) is 13.2 Å². The monoisotopic (exact) mass is 402 g/mol. The van der Waals surface area contributed by atoms with Gasteiger partial charge in [-0.25, -0.2) is 8.42 Å².